The van der Waals surface area contributed by atoms with Crippen molar-refractivity contribution in [2.75, 3.05) is 5.75 Å². The third-order valence-corrected chi connectivity index (χ3v) is 6.17. The number of benzene rings is 1. The summed E-state index contributed by atoms with van der Waals surface area (Å²) in [6.07, 6.45) is 2.64. The number of rotatable bonds is 6. The van der Waals surface area contributed by atoms with Crippen LogP contribution in [0.4, 0.5) is 0 Å². The van der Waals surface area contributed by atoms with E-state index in [1.807, 2.05) is 44.2 Å². The van der Waals surface area contributed by atoms with E-state index in [0.717, 1.165) is 16.5 Å². The fourth-order valence-corrected chi connectivity index (χ4v) is 4.97. The van der Waals surface area contributed by atoms with Crippen molar-refractivity contribution in [1.82, 2.24) is 9.71 Å². The molecule has 2 aromatic rings. The lowest BCUT2D eigenvalue weighted by atomic mass is 9.75. The summed E-state index contributed by atoms with van der Waals surface area (Å²) in [6.45, 7) is 3.78. The Balaban J connectivity index is 1.91. The van der Waals surface area contributed by atoms with Crippen LogP contribution in [0, 0.1) is 11.8 Å². The van der Waals surface area contributed by atoms with Gasteiger partial charge in [-0.3, -0.25) is 4.98 Å². The van der Waals surface area contributed by atoms with Crippen LogP contribution in [-0.4, -0.2) is 30.4 Å². The van der Waals surface area contributed by atoms with Gasteiger partial charge >= 0.3 is 0 Å². The largest absolute Gasteiger partial charge is 0.393 e. The summed E-state index contributed by atoms with van der Waals surface area (Å²) in [5.74, 6) is 0.259. The van der Waals surface area contributed by atoms with E-state index in [2.05, 4.69) is 9.71 Å². The highest BCUT2D eigenvalue weighted by Gasteiger charge is 2.37. The molecule has 1 aromatic carbocycles. The maximum absolute atomic E-state index is 12.4. The Morgan fingerprint density at radius 3 is 2.67 bits per heavy atom. The highest BCUT2D eigenvalue weighted by Crippen LogP contribution is 2.39. The average Bonchev–Trinajstić information content (AvgIpc) is 2.48. The molecule has 1 atom stereocenters. The van der Waals surface area contributed by atoms with Gasteiger partial charge in [-0.05, 0) is 42.4 Å². The smallest absolute Gasteiger partial charge is 0.212 e. The quantitative estimate of drug-likeness (QED) is 0.841. The van der Waals surface area contributed by atoms with Crippen LogP contribution >= 0.6 is 0 Å². The minimum atomic E-state index is -3.38. The van der Waals surface area contributed by atoms with Gasteiger partial charge in [0.15, 0.2) is 0 Å². The first kappa shape index (κ1) is 17.3. The molecule has 0 radical (unpaired) electrons. The predicted octanol–water partition coefficient (Wildman–Crippen LogP) is 2.62. The van der Waals surface area contributed by atoms with E-state index in [9.17, 15) is 13.5 Å². The van der Waals surface area contributed by atoms with Gasteiger partial charge in [0.1, 0.15) is 0 Å². The third kappa shape index (κ3) is 3.94. The van der Waals surface area contributed by atoms with Crippen LogP contribution in [0.2, 0.25) is 0 Å². The molecule has 0 spiro atoms. The zero-order valence-electron chi connectivity index (χ0n) is 14.0. The second-order valence-corrected chi connectivity index (χ2v) is 8.92. The summed E-state index contributed by atoms with van der Waals surface area (Å²) < 4.78 is 27.7. The second kappa shape index (κ2) is 6.78. The lowest BCUT2D eigenvalue weighted by Gasteiger charge is -2.38. The van der Waals surface area contributed by atoms with E-state index in [1.54, 1.807) is 6.20 Å². The average molecular weight is 348 g/mol. The van der Waals surface area contributed by atoms with Crippen molar-refractivity contribution >= 4 is 20.9 Å². The van der Waals surface area contributed by atoms with E-state index in [0.29, 0.717) is 12.8 Å². The summed E-state index contributed by atoms with van der Waals surface area (Å²) in [4.78, 5) is 4.46. The van der Waals surface area contributed by atoms with Gasteiger partial charge in [0.2, 0.25) is 10.0 Å². The molecule has 24 heavy (non-hydrogen) atoms. The number of nitrogens with one attached hydrogen (secondary N) is 1. The van der Waals surface area contributed by atoms with Crippen LogP contribution in [0.5, 0.6) is 0 Å². The predicted molar refractivity (Wildman–Crippen MR) is 95.0 cm³/mol. The number of aliphatic hydroxyl groups excluding tert-OH is 1. The SMILES string of the molecule is CC(C)CS(=O)(=O)N[C@H](c1cnc2ccccc2c1)C1CC(O)C1. The van der Waals surface area contributed by atoms with Crippen molar-refractivity contribution < 1.29 is 13.5 Å². The maximum atomic E-state index is 12.4. The van der Waals surface area contributed by atoms with Gasteiger partial charge in [0.05, 0.1) is 23.4 Å². The number of fused-ring (bicyclic) bond motifs is 1. The molecule has 1 heterocycles. The molecular formula is C18H24N2O3S. The molecule has 0 saturated heterocycles. The number of hydrogen-bond acceptors (Lipinski definition) is 4. The van der Waals surface area contributed by atoms with Crippen LogP contribution in [0.15, 0.2) is 36.5 Å². The fourth-order valence-electron chi connectivity index (χ4n) is 3.28. The summed E-state index contributed by atoms with van der Waals surface area (Å²) >= 11 is 0. The van der Waals surface area contributed by atoms with E-state index >= 15 is 0 Å². The number of pyridine rings is 1. The zero-order valence-corrected chi connectivity index (χ0v) is 14.8. The standard InChI is InChI=1S/C18H24N2O3S/c1-12(2)11-24(22,23)20-18(14-8-16(21)9-14)15-7-13-5-3-4-6-17(13)19-10-15/h3-7,10,12,14,16,18,20-21H,8-9,11H2,1-2H3/t14?,16?,18-/m0/s1. The number of aromatic nitrogens is 1. The van der Waals surface area contributed by atoms with E-state index < -0.39 is 10.0 Å². The van der Waals surface area contributed by atoms with Crippen LogP contribution in [0.3, 0.4) is 0 Å². The minimum absolute atomic E-state index is 0.0601. The molecule has 1 aliphatic rings. The first-order valence-electron chi connectivity index (χ1n) is 8.37. The number of hydrogen-bond donors (Lipinski definition) is 2. The summed E-state index contributed by atoms with van der Waals surface area (Å²) in [6, 6.07) is 9.44. The molecule has 5 nitrogen and oxygen atoms in total. The Labute approximate surface area is 143 Å². The highest BCUT2D eigenvalue weighted by atomic mass is 32.2. The van der Waals surface area contributed by atoms with Gasteiger partial charge in [-0.2, -0.15) is 0 Å². The lowest BCUT2D eigenvalue weighted by Crippen LogP contribution is -2.42. The fraction of sp³-hybridized carbons (Fsp3) is 0.500. The van der Waals surface area contributed by atoms with Crippen molar-refractivity contribution in [3.05, 3.63) is 42.1 Å². The van der Waals surface area contributed by atoms with Crippen molar-refractivity contribution in [3.8, 4) is 0 Å². The van der Waals surface area contributed by atoms with Gasteiger partial charge in [-0.25, -0.2) is 13.1 Å². The first-order chi connectivity index (χ1) is 11.3. The van der Waals surface area contributed by atoms with E-state index in [-0.39, 0.29) is 29.7 Å². The van der Waals surface area contributed by atoms with Gasteiger partial charge in [-0.1, -0.05) is 32.0 Å². The molecule has 0 unspecified atom stereocenters. The molecule has 1 saturated carbocycles. The lowest BCUT2D eigenvalue weighted by molar-refractivity contribution is 0.0280. The summed E-state index contributed by atoms with van der Waals surface area (Å²) in [7, 11) is -3.38. The normalized spacial score (nSPS) is 22.5. The Kier molecular flexibility index (Phi) is 4.90. The van der Waals surface area contributed by atoms with Crippen LogP contribution in [-0.2, 0) is 10.0 Å². The van der Waals surface area contributed by atoms with Gasteiger partial charge in [0, 0.05) is 11.6 Å². The van der Waals surface area contributed by atoms with E-state index in [1.165, 1.54) is 0 Å². The number of aliphatic hydroxyl groups is 1. The second-order valence-electron chi connectivity index (χ2n) is 7.12. The number of nitrogens with zero attached hydrogens (tertiary/aromatic N) is 1. The summed E-state index contributed by atoms with van der Waals surface area (Å²) in [5, 5.41) is 10.6. The maximum Gasteiger partial charge on any atom is 0.212 e. The first-order valence-corrected chi connectivity index (χ1v) is 10.0. The van der Waals surface area contributed by atoms with Crippen molar-refractivity contribution in [2.45, 2.75) is 38.8 Å². The van der Waals surface area contributed by atoms with Crippen molar-refractivity contribution in [3.63, 3.8) is 0 Å². The molecule has 0 aliphatic heterocycles. The Hall–Kier alpha value is -1.50. The molecule has 2 N–H and O–H groups in total. The van der Waals surface area contributed by atoms with Crippen LogP contribution in [0.1, 0.15) is 38.3 Å². The Morgan fingerprint density at radius 2 is 2.00 bits per heavy atom. The molecule has 0 bridgehead atoms. The van der Waals surface area contributed by atoms with Crippen molar-refractivity contribution in [1.29, 1.82) is 0 Å². The molecule has 130 valence electrons. The molecule has 1 aromatic heterocycles. The van der Waals surface area contributed by atoms with Gasteiger partial charge in [-0.15, -0.1) is 0 Å². The van der Waals surface area contributed by atoms with E-state index in [4.69, 9.17) is 0 Å². The molecule has 1 aliphatic carbocycles. The van der Waals surface area contributed by atoms with Crippen molar-refractivity contribution in [2.24, 2.45) is 11.8 Å². The minimum Gasteiger partial charge on any atom is -0.393 e. The number of para-hydroxylation sites is 1. The molecular weight excluding hydrogens is 324 g/mol. The third-order valence-electron chi connectivity index (χ3n) is 4.45. The molecule has 0 amide bonds. The summed E-state index contributed by atoms with van der Waals surface area (Å²) in [5.41, 5.74) is 1.75. The molecule has 3 rings (SSSR count). The molecule has 1 fully saturated rings. The topological polar surface area (TPSA) is 79.3 Å². The zero-order chi connectivity index (χ0) is 17.3. The Morgan fingerprint density at radius 1 is 1.29 bits per heavy atom. The number of sulfonamides is 1. The Bertz CT molecular complexity index is 814. The van der Waals surface area contributed by atoms with Crippen LogP contribution < -0.4 is 4.72 Å². The van der Waals surface area contributed by atoms with Crippen LogP contribution in [0.25, 0.3) is 10.9 Å². The van der Waals surface area contributed by atoms with Gasteiger partial charge in [0.25, 0.3) is 0 Å². The monoisotopic (exact) mass is 348 g/mol. The molecule has 6 heteroatoms. The highest BCUT2D eigenvalue weighted by molar-refractivity contribution is 7.89. The van der Waals surface area contributed by atoms with Gasteiger partial charge < -0.3 is 5.11 Å².